The van der Waals surface area contributed by atoms with Crippen LogP contribution in [0.4, 0.5) is 26.3 Å². The van der Waals surface area contributed by atoms with Crippen molar-refractivity contribution < 1.29 is 26.3 Å². The first kappa shape index (κ1) is 19.4. The molecule has 7 nitrogen and oxygen atoms in total. The Bertz CT molecular complexity index is 1070. The Kier molecular flexibility index (Phi) is 4.56. The summed E-state index contributed by atoms with van der Waals surface area (Å²) in [6.45, 7) is 0.264. The van der Waals surface area contributed by atoms with E-state index in [0.717, 1.165) is 10.7 Å². The minimum Gasteiger partial charge on any atom is -0.327 e. The first-order valence-electron chi connectivity index (χ1n) is 8.48. The highest BCUT2D eigenvalue weighted by Crippen LogP contribution is 2.28. The summed E-state index contributed by atoms with van der Waals surface area (Å²) in [7, 11) is 0. The van der Waals surface area contributed by atoms with Crippen molar-refractivity contribution in [3.63, 3.8) is 0 Å². The fraction of sp³-hybridized carbons (Fsp3) is 0.375. The van der Waals surface area contributed by atoms with E-state index < -0.39 is 35.5 Å². The maximum absolute atomic E-state index is 13.8. The van der Waals surface area contributed by atoms with Crippen molar-refractivity contribution in [3.05, 3.63) is 52.6 Å². The van der Waals surface area contributed by atoms with Crippen LogP contribution < -0.4 is 5.73 Å². The molecule has 0 spiro atoms. The minimum absolute atomic E-state index is 0.0652. The summed E-state index contributed by atoms with van der Waals surface area (Å²) < 4.78 is 81.2. The number of halogens is 6. The van der Waals surface area contributed by atoms with Gasteiger partial charge in [0.2, 0.25) is 0 Å². The van der Waals surface area contributed by atoms with Crippen molar-refractivity contribution >= 4 is 0 Å². The second-order valence-electron chi connectivity index (χ2n) is 6.61. The Morgan fingerprint density at radius 1 is 1.03 bits per heavy atom. The summed E-state index contributed by atoms with van der Waals surface area (Å²) in [4.78, 5) is 3.49. The average molecular weight is 417 g/mol. The monoisotopic (exact) mass is 417 g/mol. The SMILES string of the molecule is NC(Cc1cc(F)c(F)cc1F)Cc1nnc2n1CCc1nc(C(F)(F)F)nn1-2. The number of aryl methyl sites for hydroxylation is 1. The van der Waals surface area contributed by atoms with Gasteiger partial charge in [0.1, 0.15) is 17.5 Å². The minimum atomic E-state index is -4.69. The number of rotatable bonds is 4. The van der Waals surface area contributed by atoms with Gasteiger partial charge in [0.25, 0.3) is 11.8 Å². The van der Waals surface area contributed by atoms with Gasteiger partial charge < -0.3 is 5.73 Å². The Labute approximate surface area is 159 Å². The largest absolute Gasteiger partial charge is 0.453 e. The lowest BCUT2D eigenvalue weighted by atomic mass is 10.0. The Balaban J connectivity index is 1.55. The maximum atomic E-state index is 13.8. The number of nitrogens with two attached hydrogens (primary N) is 1. The average Bonchev–Trinajstić information content (AvgIpc) is 3.23. The third kappa shape index (κ3) is 3.57. The quantitative estimate of drug-likeness (QED) is 0.518. The van der Waals surface area contributed by atoms with Gasteiger partial charge in [-0.2, -0.15) is 17.9 Å². The first-order chi connectivity index (χ1) is 13.6. The predicted octanol–water partition coefficient (Wildman–Crippen LogP) is 1.96. The smallest absolute Gasteiger partial charge is 0.327 e. The molecule has 0 aliphatic carbocycles. The van der Waals surface area contributed by atoms with E-state index in [1.807, 2.05) is 0 Å². The number of fused-ring (bicyclic) bond motifs is 3. The molecule has 3 aromatic rings. The lowest BCUT2D eigenvalue weighted by molar-refractivity contribution is -0.144. The highest BCUT2D eigenvalue weighted by atomic mass is 19.4. The van der Waals surface area contributed by atoms with Crippen molar-refractivity contribution in [2.45, 2.75) is 38.0 Å². The van der Waals surface area contributed by atoms with Crippen LogP contribution in [0.1, 0.15) is 23.0 Å². The highest BCUT2D eigenvalue weighted by molar-refractivity contribution is 5.23. The van der Waals surface area contributed by atoms with Crippen LogP contribution in [0.15, 0.2) is 12.1 Å². The van der Waals surface area contributed by atoms with Crippen LogP contribution in [-0.4, -0.2) is 35.6 Å². The van der Waals surface area contributed by atoms with Crippen LogP contribution in [0.25, 0.3) is 5.95 Å². The molecule has 0 saturated heterocycles. The third-order valence-electron chi connectivity index (χ3n) is 4.50. The second kappa shape index (κ2) is 6.83. The lowest BCUT2D eigenvalue weighted by Crippen LogP contribution is -2.29. The predicted molar refractivity (Wildman–Crippen MR) is 85.3 cm³/mol. The molecule has 0 radical (unpaired) electrons. The molecule has 2 N–H and O–H groups in total. The van der Waals surface area contributed by atoms with Gasteiger partial charge in [0, 0.05) is 31.5 Å². The van der Waals surface area contributed by atoms with E-state index in [2.05, 4.69) is 20.3 Å². The fourth-order valence-electron chi connectivity index (χ4n) is 3.17. The van der Waals surface area contributed by atoms with E-state index >= 15 is 0 Å². The molecule has 4 rings (SSSR count). The van der Waals surface area contributed by atoms with E-state index in [4.69, 9.17) is 5.73 Å². The molecule has 154 valence electrons. The zero-order chi connectivity index (χ0) is 20.9. The van der Waals surface area contributed by atoms with E-state index in [0.29, 0.717) is 11.9 Å². The van der Waals surface area contributed by atoms with E-state index in [-0.39, 0.29) is 43.1 Å². The molecule has 29 heavy (non-hydrogen) atoms. The maximum Gasteiger partial charge on any atom is 0.453 e. The molecule has 1 aliphatic heterocycles. The van der Waals surface area contributed by atoms with Crippen molar-refractivity contribution in [1.29, 1.82) is 0 Å². The van der Waals surface area contributed by atoms with E-state index in [9.17, 15) is 26.3 Å². The molecule has 3 heterocycles. The summed E-state index contributed by atoms with van der Waals surface area (Å²) in [5.74, 6) is -4.15. The van der Waals surface area contributed by atoms with Crippen LogP contribution in [0.5, 0.6) is 0 Å². The van der Waals surface area contributed by atoms with Crippen LogP contribution in [0.3, 0.4) is 0 Å². The van der Waals surface area contributed by atoms with Gasteiger partial charge in [-0.3, -0.25) is 4.57 Å². The summed E-state index contributed by atoms with van der Waals surface area (Å²) in [6, 6.07) is 0.468. The first-order valence-corrected chi connectivity index (χ1v) is 8.48. The second-order valence-corrected chi connectivity index (χ2v) is 6.61. The summed E-state index contributed by atoms with van der Waals surface area (Å²) in [5, 5.41) is 11.3. The Morgan fingerprint density at radius 2 is 1.76 bits per heavy atom. The van der Waals surface area contributed by atoms with Gasteiger partial charge in [-0.15, -0.1) is 15.3 Å². The Hall–Kier alpha value is -2.96. The summed E-state index contributed by atoms with van der Waals surface area (Å²) in [5.41, 5.74) is 5.90. The molecule has 2 aromatic heterocycles. The molecule has 13 heteroatoms. The van der Waals surface area contributed by atoms with Crippen LogP contribution >= 0.6 is 0 Å². The number of hydrogen-bond acceptors (Lipinski definition) is 5. The summed E-state index contributed by atoms with van der Waals surface area (Å²) in [6.07, 6.45) is -4.53. The molecule has 1 atom stereocenters. The molecular formula is C16H13F6N7. The van der Waals surface area contributed by atoms with Gasteiger partial charge >= 0.3 is 6.18 Å². The van der Waals surface area contributed by atoms with E-state index in [1.165, 1.54) is 0 Å². The highest BCUT2D eigenvalue weighted by Gasteiger charge is 2.38. The van der Waals surface area contributed by atoms with Crippen molar-refractivity contribution in [3.8, 4) is 5.95 Å². The van der Waals surface area contributed by atoms with Gasteiger partial charge in [0.05, 0.1) is 0 Å². The van der Waals surface area contributed by atoms with Crippen molar-refractivity contribution in [1.82, 2.24) is 29.5 Å². The molecular weight excluding hydrogens is 404 g/mol. The molecule has 0 fully saturated rings. The van der Waals surface area contributed by atoms with Crippen molar-refractivity contribution in [2.24, 2.45) is 5.73 Å². The molecule has 1 aliphatic rings. The van der Waals surface area contributed by atoms with Crippen LogP contribution in [0, 0.1) is 17.5 Å². The topological polar surface area (TPSA) is 87.4 Å². The van der Waals surface area contributed by atoms with E-state index in [1.54, 1.807) is 4.57 Å². The van der Waals surface area contributed by atoms with Gasteiger partial charge in [0.15, 0.2) is 11.6 Å². The standard InChI is InChI=1S/C16H13F6N7/c17-9-6-11(19)10(18)4-7(9)3-8(23)5-13-25-26-15-28(13)2-1-12-24-14(16(20,21)22)27-29(12)15/h4,6,8H,1-3,5,23H2. The van der Waals surface area contributed by atoms with Gasteiger partial charge in [-0.25, -0.2) is 18.2 Å². The molecule has 0 bridgehead atoms. The van der Waals surface area contributed by atoms with Gasteiger partial charge in [-0.05, 0) is 18.1 Å². The normalized spacial score (nSPS) is 14.6. The third-order valence-corrected chi connectivity index (χ3v) is 4.50. The molecule has 0 saturated carbocycles. The number of aromatic nitrogens is 6. The summed E-state index contributed by atoms with van der Waals surface area (Å²) >= 11 is 0. The molecule has 1 unspecified atom stereocenters. The van der Waals surface area contributed by atoms with Crippen LogP contribution in [0.2, 0.25) is 0 Å². The number of nitrogens with zero attached hydrogens (tertiary/aromatic N) is 6. The molecule has 0 amide bonds. The molecule has 1 aromatic carbocycles. The number of benzene rings is 1. The zero-order valence-electron chi connectivity index (χ0n) is 14.6. The van der Waals surface area contributed by atoms with Gasteiger partial charge in [-0.1, -0.05) is 0 Å². The lowest BCUT2D eigenvalue weighted by Gasteiger charge is -2.17. The fourth-order valence-corrected chi connectivity index (χ4v) is 3.17. The van der Waals surface area contributed by atoms with Crippen LogP contribution in [-0.2, 0) is 32.0 Å². The number of hydrogen-bond donors (Lipinski definition) is 1. The zero-order valence-corrected chi connectivity index (χ0v) is 14.6. The number of alkyl halides is 3. The Morgan fingerprint density at radius 3 is 2.48 bits per heavy atom. The van der Waals surface area contributed by atoms with Crippen molar-refractivity contribution in [2.75, 3.05) is 0 Å².